The van der Waals surface area contributed by atoms with Crippen molar-refractivity contribution >= 4 is 22.4 Å². The fraction of sp³-hybridized carbons (Fsp3) is 0. The molecule has 1 aromatic heterocycles. The highest BCUT2D eigenvalue weighted by Crippen LogP contribution is 2.22. The smallest absolute Gasteiger partial charge is 0.323 e. The van der Waals surface area contributed by atoms with E-state index in [1.54, 1.807) is 18.2 Å². The molecule has 4 nitrogen and oxygen atoms in total. The van der Waals surface area contributed by atoms with Crippen LogP contribution in [0, 0.1) is 11.6 Å². The molecule has 6 heteroatoms. The van der Waals surface area contributed by atoms with Gasteiger partial charge in [0, 0.05) is 11.8 Å². The second-order valence-corrected chi connectivity index (χ2v) is 4.09. The summed E-state index contributed by atoms with van der Waals surface area (Å²) in [5.41, 5.74) is 1.72. The van der Waals surface area contributed by atoms with E-state index in [1.807, 2.05) is 0 Å². The minimum Gasteiger partial charge on any atom is -0.353 e. The molecular weight excluding hydrogens is 252 g/mol. The molecule has 0 atom stereocenters. The van der Waals surface area contributed by atoms with Crippen molar-refractivity contribution in [2.75, 3.05) is 5.32 Å². The Morgan fingerprint density at radius 1 is 0.947 bits per heavy atom. The Hall–Kier alpha value is -2.63. The number of halogens is 2. The van der Waals surface area contributed by atoms with E-state index in [0.29, 0.717) is 16.7 Å². The Morgan fingerprint density at radius 2 is 1.74 bits per heavy atom. The van der Waals surface area contributed by atoms with E-state index in [-0.39, 0.29) is 11.4 Å². The SMILES string of the molecule is O=c1[nH]c2ccc(Nc3ccc(F)cc3F)cc2[nH]1. The maximum absolute atomic E-state index is 13.5. The number of imidazole rings is 1. The molecule has 2 aromatic carbocycles. The number of rotatable bonds is 2. The minimum atomic E-state index is -0.678. The average Bonchev–Trinajstić information content (AvgIpc) is 2.72. The Balaban J connectivity index is 1.98. The zero-order chi connectivity index (χ0) is 13.4. The maximum Gasteiger partial charge on any atom is 0.323 e. The van der Waals surface area contributed by atoms with Gasteiger partial charge in [-0.05, 0) is 30.3 Å². The third-order valence-electron chi connectivity index (χ3n) is 2.73. The molecule has 3 aromatic rings. The summed E-state index contributed by atoms with van der Waals surface area (Å²) in [5, 5.41) is 2.82. The summed E-state index contributed by atoms with van der Waals surface area (Å²) in [6, 6.07) is 8.33. The first-order valence-electron chi connectivity index (χ1n) is 5.56. The number of hydrogen-bond donors (Lipinski definition) is 3. The van der Waals surface area contributed by atoms with Gasteiger partial charge in [0.15, 0.2) is 0 Å². The van der Waals surface area contributed by atoms with Crippen LogP contribution in [-0.2, 0) is 0 Å². The third-order valence-corrected chi connectivity index (χ3v) is 2.73. The van der Waals surface area contributed by atoms with Crippen LogP contribution >= 0.6 is 0 Å². The predicted molar refractivity (Wildman–Crippen MR) is 68.6 cm³/mol. The Morgan fingerprint density at radius 3 is 2.53 bits per heavy atom. The summed E-state index contributed by atoms with van der Waals surface area (Å²) in [6.45, 7) is 0. The molecule has 3 N–H and O–H groups in total. The van der Waals surface area contributed by atoms with Gasteiger partial charge in [-0.1, -0.05) is 0 Å². The predicted octanol–water partition coefficient (Wildman–Crippen LogP) is 2.88. The van der Waals surface area contributed by atoms with Crippen molar-refractivity contribution in [3.05, 3.63) is 58.5 Å². The second-order valence-electron chi connectivity index (χ2n) is 4.09. The molecule has 0 fully saturated rings. The van der Waals surface area contributed by atoms with Crippen molar-refractivity contribution in [2.24, 2.45) is 0 Å². The lowest BCUT2D eigenvalue weighted by Crippen LogP contribution is -1.99. The van der Waals surface area contributed by atoms with Crippen molar-refractivity contribution in [3.8, 4) is 0 Å². The molecule has 0 unspecified atom stereocenters. The van der Waals surface area contributed by atoms with E-state index in [2.05, 4.69) is 15.3 Å². The highest BCUT2D eigenvalue weighted by atomic mass is 19.1. The van der Waals surface area contributed by atoms with Crippen LogP contribution in [0.2, 0.25) is 0 Å². The molecule has 0 aliphatic carbocycles. The van der Waals surface area contributed by atoms with Crippen LogP contribution in [-0.4, -0.2) is 9.97 Å². The summed E-state index contributed by atoms with van der Waals surface area (Å²) in [5.74, 6) is -1.31. The van der Waals surface area contributed by atoms with Crippen LogP contribution in [0.5, 0.6) is 0 Å². The van der Waals surface area contributed by atoms with Gasteiger partial charge in [0.2, 0.25) is 0 Å². The summed E-state index contributed by atoms with van der Waals surface area (Å²) in [7, 11) is 0. The second kappa shape index (κ2) is 4.24. The van der Waals surface area contributed by atoms with Crippen molar-refractivity contribution < 1.29 is 8.78 Å². The van der Waals surface area contributed by atoms with Gasteiger partial charge >= 0.3 is 5.69 Å². The summed E-state index contributed by atoms with van der Waals surface area (Å²) in [4.78, 5) is 16.3. The van der Waals surface area contributed by atoms with Gasteiger partial charge in [-0.25, -0.2) is 13.6 Å². The van der Waals surface area contributed by atoms with Crippen LogP contribution in [0.4, 0.5) is 20.2 Å². The van der Waals surface area contributed by atoms with Gasteiger partial charge in [-0.2, -0.15) is 0 Å². The molecule has 0 saturated carbocycles. The molecule has 0 spiro atoms. The van der Waals surface area contributed by atoms with Crippen molar-refractivity contribution in [1.82, 2.24) is 9.97 Å². The van der Waals surface area contributed by atoms with Crippen LogP contribution in [0.3, 0.4) is 0 Å². The fourth-order valence-electron chi connectivity index (χ4n) is 1.86. The average molecular weight is 261 g/mol. The molecule has 1 heterocycles. The quantitative estimate of drug-likeness (QED) is 0.664. The number of fused-ring (bicyclic) bond motifs is 1. The molecular formula is C13H9F2N3O. The molecule has 19 heavy (non-hydrogen) atoms. The highest BCUT2D eigenvalue weighted by Gasteiger charge is 2.05. The first-order chi connectivity index (χ1) is 9.11. The minimum absolute atomic E-state index is 0.165. The molecule has 96 valence electrons. The van der Waals surface area contributed by atoms with E-state index in [9.17, 15) is 13.6 Å². The van der Waals surface area contributed by atoms with Gasteiger partial charge in [0.25, 0.3) is 0 Å². The molecule has 0 amide bonds. The third kappa shape index (κ3) is 2.20. The van der Waals surface area contributed by atoms with E-state index in [1.165, 1.54) is 12.1 Å². The number of benzene rings is 2. The van der Waals surface area contributed by atoms with Crippen molar-refractivity contribution in [3.63, 3.8) is 0 Å². The lowest BCUT2D eigenvalue weighted by atomic mass is 10.2. The number of hydrogen-bond acceptors (Lipinski definition) is 2. The van der Waals surface area contributed by atoms with E-state index in [0.717, 1.165) is 6.07 Å². The number of aromatic amines is 2. The number of anilines is 2. The Bertz CT molecular complexity index is 807. The maximum atomic E-state index is 13.5. The topological polar surface area (TPSA) is 60.7 Å². The van der Waals surface area contributed by atoms with Gasteiger partial charge in [-0.3, -0.25) is 0 Å². The van der Waals surface area contributed by atoms with Gasteiger partial charge in [0.05, 0.1) is 16.7 Å². The molecule has 0 saturated heterocycles. The first kappa shape index (κ1) is 11.5. The molecule has 0 aliphatic heterocycles. The standard InChI is InChI=1S/C13H9F2N3O/c14-7-1-3-10(9(15)5-7)16-8-2-4-11-12(6-8)18-13(19)17-11/h1-6,16H,(H2,17,18,19). The van der Waals surface area contributed by atoms with Crippen molar-refractivity contribution in [2.45, 2.75) is 0 Å². The number of aromatic nitrogens is 2. The summed E-state index contributed by atoms with van der Waals surface area (Å²) >= 11 is 0. The lowest BCUT2D eigenvalue weighted by molar-refractivity contribution is 0.586. The fourth-order valence-corrected chi connectivity index (χ4v) is 1.86. The first-order valence-corrected chi connectivity index (χ1v) is 5.56. The Kier molecular flexibility index (Phi) is 2.56. The lowest BCUT2D eigenvalue weighted by Gasteiger charge is -2.07. The molecule has 0 aliphatic rings. The van der Waals surface area contributed by atoms with Crippen molar-refractivity contribution in [1.29, 1.82) is 0 Å². The summed E-state index contributed by atoms with van der Waals surface area (Å²) < 4.78 is 26.3. The zero-order valence-electron chi connectivity index (χ0n) is 9.63. The van der Waals surface area contributed by atoms with Gasteiger partial charge in [0.1, 0.15) is 11.6 Å². The van der Waals surface area contributed by atoms with Gasteiger partial charge in [-0.15, -0.1) is 0 Å². The van der Waals surface area contributed by atoms with E-state index in [4.69, 9.17) is 0 Å². The van der Waals surface area contributed by atoms with Crippen LogP contribution in [0.1, 0.15) is 0 Å². The van der Waals surface area contributed by atoms with E-state index >= 15 is 0 Å². The van der Waals surface area contributed by atoms with Crippen LogP contribution in [0.25, 0.3) is 11.0 Å². The monoisotopic (exact) mass is 261 g/mol. The molecule has 0 radical (unpaired) electrons. The molecule has 0 bridgehead atoms. The largest absolute Gasteiger partial charge is 0.353 e. The number of nitrogens with one attached hydrogen (secondary N) is 3. The van der Waals surface area contributed by atoms with Crippen LogP contribution in [0.15, 0.2) is 41.2 Å². The molecule has 3 rings (SSSR count). The Labute approximate surface area is 106 Å². The normalized spacial score (nSPS) is 10.8. The highest BCUT2D eigenvalue weighted by molar-refractivity contribution is 5.80. The number of H-pyrrole nitrogens is 2. The van der Waals surface area contributed by atoms with E-state index < -0.39 is 11.6 Å². The zero-order valence-corrected chi connectivity index (χ0v) is 9.63. The van der Waals surface area contributed by atoms with Crippen LogP contribution < -0.4 is 11.0 Å². The van der Waals surface area contributed by atoms with Gasteiger partial charge < -0.3 is 15.3 Å². The summed E-state index contributed by atoms with van der Waals surface area (Å²) in [6.07, 6.45) is 0.